The van der Waals surface area contributed by atoms with E-state index in [1.807, 2.05) is 19.1 Å². The molecule has 0 aromatic heterocycles. The van der Waals surface area contributed by atoms with E-state index >= 15 is 0 Å². The zero-order valence-corrected chi connectivity index (χ0v) is 12.3. The van der Waals surface area contributed by atoms with Gasteiger partial charge in [0.1, 0.15) is 0 Å². The Bertz CT molecular complexity index is 499. The summed E-state index contributed by atoms with van der Waals surface area (Å²) in [7, 11) is 0. The molecule has 0 aliphatic heterocycles. The first-order valence-corrected chi connectivity index (χ1v) is 7.35. The van der Waals surface area contributed by atoms with Crippen molar-refractivity contribution in [3.63, 3.8) is 0 Å². The van der Waals surface area contributed by atoms with E-state index in [0.29, 0.717) is 5.56 Å². The van der Waals surface area contributed by atoms with Crippen LogP contribution in [0.25, 0.3) is 0 Å². The number of amides is 2. The fraction of sp³-hybridized carbons (Fsp3) is 0.500. The summed E-state index contributed by atoms with van der Waals surface area (Å²) < 4.78 is 0. The lowest BCUT2D eigenvalue weighted by molar-refractivity contribution is -0.121. The second-order valence-electron chi connectivity index (χ2n) is 5.60. The van der Waals surface area contributed by atoms with Gasteiger partial charge in [-0.3, -0.25) is 9.59 Å². The summed E-state index contributed by atoms with van der Waals surface area (Å²) in [5, 5.41) is 14.7. The van der Waals surface area contributed by atoms with Gasteiger partial charge in [-0.1, -0.05) is 24.1 Å². The predicted octanol–water partition coefficient (Wildman–Crippen LogP) is 1.00. The molecule has 1 aromatic carbocycles. The van der Waals surface area contributed by atoms with Crippen LogP contribution in [0.3, 0.4) is 0 Å². The number of carbonyl (C=O) groups is 2. The van der Waals surface area contributed by atoms with Crippen molar-refractivity contribution in [1.82, 2.24) is 10.6 Å². The molecule has 2 atom stereocenters. The third-order valence-electron chi connectivity index (χ3n) is 3.96. The van der Waals surface area contributed by atoms with Gasteiger partial charge in [-0.15, -0.1) is 0 Å². The molecule has 2 amide bonds. The summed E-state index contributed by atoms with van der Waals surface area (Å²) in [5.74, 6) is -0.321. The van der Waals surface area contributed by atoms with Gasteiger partial charge in [0.25, 0.3) is 5.91 Å². The Morgan fingerprint density at radius 3 is 2.62 bits per heavy atom. The van der Waals surface area contributed by atoms with Gasteiger partial charge in [0, 0.05) is 24.1 Å². The highest BCUT2D eigenvalue weighted by molar-refractivity contribution is 5.96. The largest absolute Gasteiger partial charge is 0.396 e. The maximum Gasteiger partial charge on any atom is 0.251 e. The van der Waals surface area contributed by atoms with Crippen molar-refractivity contribution < 1.29 is 14.7 Å². The van der Waals surface area contributed by atoms with Crippen LogP contribution in [0.4, 0.5) is 0 Å². The molecule has 1 saturated carbocycles. The van der Waals surface area contributed by atoms with Crippen LogP contribution in [0.1, 0.15) is 35.2 Å². The topological polar surface area (TPSA) is 78.4 Å². The first-order valence-electron chi connectivity index (χ1n) is 7.35. The Balaban J connectivity index is 1.78. The molecule has 3 N–H and O–H groups in total. The van der Waals surface area contributed by atoms with Crippen molar-refractivity contribution in [3.05, 3.63) is 35.4 Å². The second-order valence-corrected chi connectivity index (χ2v) is 5.60. The molecule has 0 saturated heterocycles. The van der Waals surface area contributed by atoms with E-state index in [0.717, 1.165) is 24.8 Å². The average Bonchev–Trinajstić information content (AvgIpc) is 2.92. The first kappa shape index (κ1) is 15.5. The van der Waals surface area contributed by atoms with Crippen LogP contribution in [0.5, 0.6) is 0 Å². The van der Waals surface area contributed by atoms with Crippen LogP contribution in [0.15, 0.2) is 24.3 Å². The number of aliphatic hydroxyl groups excluding tert-OH is 1. The minimum atomic E-state index is -0.254. The molecular weight excluding hydrogens is 268 g/mol. The van der Waals surface area contributed by atoms with Gasteiger partial charge in [0.15, 0.2) is 0 Å². The molecule has 1 aliphatic rings. The standard InChI is InChI=1S/C16H22N2O3/c1-11-5-7-12(8-6-11)16(21)17-9-15(20)18-14-4-2-3-13(14)10-19/h5-8,13-14,19H,2-4,9-10H2,1H3,(H,17,21)(H,18,20). The summed E-state index contributed by atoms with van der Waals surface area (Å²) in [6.45, 7) is 2.01. The van der Waals surface area contributed by atoms with Crippen LogP contribution in [0, 0.1) is 12.8 Å². The molecule has 1 fully saturated rings. The van der Waals surface area contributed by atoms with E-state index in [-0.39, 0.29) is 36.9 Å². The van der Waals surface area contributed by atoms with Crippen molar-refractivity contribution >= 4 is 11.8 Å². The van der Waals surface area contributed by atoms with Gasteiger partial charge in [-0.25, -0.2) is 0 Å². The smallest absolute Gasteiger partial charge is 0.251 e. The third-order valence-corrected chi connectivity index (χ3v) is 3.96. The lowest BCUT2D eigenvalue weighted by Crippen LogP contribution is -2.44. The fourth-order valence-electron chi connectivity index (χ4n) is 2.67. The Kier molecular flexibility index (Phi) is 5.33. The molecule has 2 unspecified atom stereocenters. The van der Waals surface area contributed by atoms with E-state index in [4.69, 9.17) is 0 Å². The summed E-state index contributed by atoms with van der Waals surface area (Å²) in [6.07, 6.45) is 2.85. The Morgan fingerprint density at radius 1 is 1.24 bits per heavy atom. The Labute approximate surface area is 124 Å². The minimum absolute atomic E-state index is 0.0266. The Hall–Kier alpha value is -1.88. The lowest BCUT2D eigenvalue weighted by Gasteiger charge is -2.19. The highest BCUT2D eigenvalue weighted by Gasteiger charge is 2.27. The minimum Gasteiger partial charge on any atom is -0.396 e. The summed E-state index contributed by atoms with van der Waals surface area (Å²) in [4.78, 5) is 23.7. The highest BCUT2D eigenvalue weighted by atomic mass is 16.3. The molecule has 21 heavy (non-hydrogen) atoms. The fourth-order valence-corrected chi connectivity index (χ4v) is 2.67. The number of aryl methyl sites for hydroxylation is 1. The Morgan fingerprint density at radius 2 is 1.95 bits per heavy atom. The molecule has 1 aromatic rings. The van der Waals surface area contributed by atoms with Gasteiger partial charge in [-0.2, -0.15) is 0 Å². The zero-order valence-electron chi connectivity index (χ0n) is 12.3. The van der Waals surface area contributed by atoms with Crippen LogP contribution < -0.4 is 10.6 Å². The summed E-state index contributed by atoms with van der Waals surface area (Å²) >= 11 is 0. The molecule has 2 rings (SSSR count). The molecular formula is C16H22N2O3. The van der Waals surface area contributed by atoms with Crippen molar-refractivity contribution in [1.29, 1.82) is 0 Å². The quantitative estimate of drug-likeness (QED) is 0.757. The summed E-state index contributed by atoms with van der Waals surface area (Å²) in [5.41, 5.74) is 1.63. The summed E-state index contributed by atoms with van der Waals surface area (Å²) in [6, 6.07) is 7.22. The maximum atomic E-state index is 11.9. The molecule has 0 heterocycles. The van der Waals surface area contributed by atoms with Crippen LogP contribution >= 0.6 is 0 Å². The van der Waals surface area contributed by atoms with Gasteiger partial charge in [0.05, 0.1) is 6.54 Å². The number of benzene rings is 1. The van der Waals surface area contributed by atoms with E-state index in [9.17, 15) is 14.7 Å². The molecule has 1 aliphatic carbocycles. The number of hydrogen-bond donors (Lipinski definition) is 3. The molecule has 0 spiro atoms. The number of aliphatic hydroxyl groups is 1. The highest BCUT2D eigenvalue weighted by Crippen LogP contribution is 2.24. The van der Waals surface area contributed by atoms with E-state index in [1.54, 1.807) is 12.1 Å². The number of hydrogen-bond acceptors (Lipinski definition) is 3. The number of carbonyl (C=O) groups excluding carboxylic acids is 2. The third kappa shape index (κ3) is 4.29. The number of rotatable bonds is 5. The van der Waals surface area contributed by atoms with Gasteiger partial charge < -0.3 is 15.7 Å². The first-order chi connectivity index (χ1) is 10.1. The second kappa shape index (κ2) is 7.22. The predicted molar refractivity (Wildman–Crippen MR) is 79.9 cm³/mol. The van der Waals surface area contributed by atoms with Gasteiger partial charge in [0.2, 0.25) is 5.91 Å². The van der Waals surface area contributed by atoms with Crippen LogP contribution in [-0.2, 0) is 4.79 Å². The van der Waals surface area contributed by atoms with E-state index < -0.39 is 0 Å². The maximum absolute atomic E-state index is 11.9. The van der Waals surface area contributed by atoms with Crippen molar-refractivity contribution in [2.75, 3.05) is 13.2 Å². The lowest BCUT2D eigenvalue weighted by atomic mass is 10.1. The molecule has 5 heteroatoms. The SMILES string of the molecule is Cc1ccc(C(=O)NCC(=O)NC2CCCC2CO)cc1. The van der Waals surface area contributed by atoms with Crippen LogP contribution in [0.2, 0.25) is 0 Å². The van der Waals surface area contributed by atoms with E-state index in [2.05, 4.69) is 10.6 Å². The van der Waals surface area contributed by atoms with Gasteiger partial charge in [-0.05, 0) is 31.9 Å². The van der Waals surface area contributed by atoms with E-state index in [1.165, 1.54) is 0 Å². The molecule has 0 bridgehead atoms. The molecule has 0 radical (unpaired) electrons. The van der Waals surface area contributed by atoms with Gasteiger partial charge >= 0.3 is 0 Å². The average molecular weight is 290 g/mol. The number of nitrogens with one attached hydrogen (secondary N) is 2. The van der Waals surface area contributed by atoms with Crippen molar-refractivity contribution in [2.45, 2.75) is 32.2 Å². The normalized spacial score (nSPS) is 21.0. The van der Waals surface area contributed by atoms with Crippen molar-refractivity contribution in [2.24, 2.45) is 5.92 Å². The zero-order chi connectivity index (χ0) is 15.2. The van der Waals surface area contributed by atoms with Crippen LogP contribution in [-0.4, -0.2) is 36.1 Å². The molecule has 5 nitrogen and oxygen atoms in total. The monoisotopic (exact) mass is 290 g/mol. The van der Waals surface area contributed by atoms with Crippen molar-refractivity contribution in [3.8, 4) is 0 Å². The molecule has 114 valence electrons.